The van der Waals surface area contributed by atoms with Crippen LogP contribution in [-0.2, 0) is 6.18 Å². The van der Waals surface area contributed by atoms with Crippen molar-refractivity contribution in [2.24, 2.45) is 0 Å². The first-order valence-corrected chi connectivity index (χ1v) is 7.30. The highest BCUT2D eigenvalue weighted by atomic mass is 19.4. The lowest BCUT2D eigenvalue weighted by molar-refractivity contribution is -0.384. The van der Waals surface area contributed by atoms with Crippen molar-refractivity contribution in [2.75, 3.05) is 7.05 Å². The largest absolute Gasteiger partial charge is 0.416 e. The predicted octanol–water partition coefficient (Wildman–Crippen LogP) is 4.45. The smallest absolute Gasteiger partial charge is 0.335 e. The van der Waals surface area contributed by atoms with Gasteiger partial charge in [-0.25, -0.2) is 0 Å². The molecule has 0 aliphatic rings. The summed E-state index contributed by atoms with van der Waals surface area (Å²) in [4.78, 5) is 24.1. The monoisotopic (exact) mass is 352 g/mol. The topological polar surface area (TPSA) is 63.5 Å². The lowest BCUT2D eigenvalue weighted by Crippen LogP contribution is -2.29. The van der Waals surface area contributed by atoms with Crippen molar-refractivity contribution in [3.05, 3.63) is 75.3 Å². The van der Waals surface area contributed by atoms with Crippen LogP contribution >= 0.6 is 0 Å². The summed E-state index contributed by atoms with van der Waals surface area (Å²) in [6.45, 7) is 1.68. The van der Waals surface area contributed by atoms with E-state index in [1.165, 1.54) is 30.1 Å². The van der Waals surface area contributed by atoms with Gasteiger partial charge in [-0.05, 0) is 36.8 Å². The van der Waals surface area contributed by atoms with E-state index in [2.05, 4.69) is 0 Å². The highest BCUT2D eigenvalue weighted by Crippen LogP contribution is 2.30. The minimum absolute atomic E-state index is 0.0975. The van der Waals surface area contributed by atoms with Gasteiger partial charge in [0, 0.05) is 24.7 Å². The van der Waals surface area contributed by atoms with E-state index < -0.39 is 28.6 Å². The molecule has 1 amide bonds. The zero-order valence-electron chi connectivity index (χ0n) is 13.4. The Kier molecular flexibility index (Phi) is 5.10. The van der Waals surface area contributed by atoms with Crippen molar-refractivity contribution in [3.8, 4) is 0 Å². The first kappa shape index (κ1) is 18.4. The van der Waals surface area contributed by atoms with Crippen molar-refractivity contribution in [3.63, 3.8) is 0 Å². The summed E-state index contributed by atoms with van der Waals surface area (Å²) < 4.78 is 37.7. The zero-order valence-corrected chi connectivity index (χ0v) is 13.4. The van der Waals surface area contributed by atoms with Crippen molar-refractivity contribution < 1.29 is 22.9 Å². The fourth-order valence-electron chi connectivity index (χ4n) is 2.30. The SMILES string of the molecule is C[C@@H](c1cccc([N+](=O)[O-])c1)N(C)C(=O)c1ccc(C(F)(F)F)cc1. The van der Waals surface area contributed by atoms with Crippen LogP contribution in [0.15, 0.2) is 48.5 Å². The minimum atomic E-state index is -4.47. The third-order valence-electron chi connectivity index (χ3n) is 3.92. The molecule has 25 heavy (non-hydrogen) atoms. The molecule has 0 bridgehead atoms. The van der Waals surface area contributed by atoms with Gasteiger partial charge in [-0.2, -0.15) is 13.2 Å². The quantitative estimate of drug-likeness (QED) is 0.603. The molecular weight excluding hydrogens is 337 g/mol. The Morgan fingerprint density at radius 2 is 1.76 bits per heavy atom. The number of halogens is 3. The molecular formula is C17H15F3N2O3. The van der Waals surface area contributed by atoms with Crippen LogP contribution < -0.4 is 0 Å². The first-order chi connectivity index (χ1) is 11.6. The van der Waals surface area contributed by atoms with Crippen molar-refractivity contribution in [2.45, 2.75) is 19.1 Å². The molecule has 0 aromatic heterocycles. The van der Waals surface area contributed by atoms with E-state index in [9.17, 15) is 28.1 Å². The van der Waals surface area contributed by atoms with Gasteiger partial charge >= 0.3 is 6.18 Å². The van der Waals surface area contributed by atoms with E-state index in [1.54, 1.807) is 13.0 Å². The molecule has 0 saturated heterocycles. The first-order valence-electron chi connectivity index (χ1n) is 7.30. The summed E-state index contributed by atoms with van der Waals surface area (Å²) >= 11 is 0. The molecule has 0 spiro atoms. The second-order valence-electron chi connectivity index (χ2n) is 5.52. The Bertz CT molecular complexity index is 788. The molecule has 2 aromatic rings. The molecule has 0 fully saturated rings. The number of non-ortho nitro benzene ring substituents is 1. The maximum absolute atomic E-state index is 12.6. The summed E-state index contributed by atoms with van der Waals surface area (Å²) in [7, 11) is 1.49. The van der Waals surface area contributed by atoms with E-state index in [0.717, 1.165) is 24.3 Å². The number of amides is 1. The van der Waals surface area contributed by atoms with Crippen LogP contribution in [-0.4, -0.2) is 22.8 Å². The second kappa shape index (κ2) is 6.92. The van der Waals surface area contributed by atoms with Crippen LogP contribution in [0.25, 0.3) is 0 Å². The number of hydrogen-bond acceptors (Lipinski definition) is 3. The summed E-state index contributed by atoms with van der Waals surface area (Å²) in [5.74, 6) is -0.479. The summed E-state index contributed by atoms with van der Waals surface area (Å²) in [6, 6.07) is 9.29. The van der Waals surface area contributed by atoms with E-state index in [0.29, 0.717) is 5.56 Å². The lowest BCUT2D eigenvalue weighted by Gasteiger charge is -2.25. The maximum atomic E-state index is 12.6. The van der Waals surface area contributed by atoms with Crippen LogP contribution in [0.2, 0.25) is 0 Å². The van der Waals surface area contributed by atoms with E-state index in [-0.39, 0.29) is 11.3 Å². The molecule has 0 unspecified atom stereocenters. The normalized spacial score (nSPS) is 12.5. The molecule has 0 N–H and O–H groups in total. The Balaban J connectivity index is 2.21. The molecule has 5 nitrogen and oxygen atoms in total. The molecule has 1 atom stereocenters. The Hall–Kier alpha value is -2.90. The van der Waals surface area contributed by atoms with E-state index >= 15 is 0 Å². The average molecular weight is 352 g/mol. The van der Waals surface area contributed by atoms with Gasteiger partial charge in [-0.15, -0.1) is 0 Å². The van der Waals surface area contributed by atoms with Gasteiger partial charge in [0.1, 0.15) is 0 Å². The summed E-state index contributed by atoms with van der Waals surface area (Å²) in [5, 5.41) is 10.8. The second-order valence-corrected chi connectivity index (χ2v) is 5.52. The predicted molar refractivity (Wildman–Crippen MR) is 85.0 cm³/mol. The Labute approximate surface area is 141 Å². The summed E-state index contributed by atoms with van der Waals surface area (Å²) in [5.41, 5.74) is -0.275. The Morgan fingerprint density at radius 3 is 2.28 bits per heavy atom. The third-order valence-corrected chi connectivity index (χ3v) is 3.92. The van der Waals surface area contributed by atoms with E-state index in [1.807, 2.05) is 0 Å². The number of carbonyl (C=O) groups is 1. The fourth-order valence-corrected chi connectivity index (χ4v) is 2.30. The number of hydrogen-bond donors (Lipinski definition) is 0. The van der Waals surface area contributed by atoms with Gasteiger partial charge < -0.3 is 4.90 Å². The molecule has 8 heteroatoms. The molecule has 0 aliphatic carbocycles. The number of alkyl halides is 3. The maximum Gasteiger partial charge on any atom is 0.416 e. The minimum Gasteiger partial charge on any atom is -0.335 e. The molecule has 2 rings (SSSR count). The highest BCUT2D eigenvalue weighted by Gasteiger charge is 2.30. The van der Waals surface area contributed by atoms with Crippen molar-refractivity contribution in [1.82, 2.24) is 4.90 Å². The molecule has 2 aromatic carbocycles. The van der Waals surface area contributed by atoms with Crippen LogP contribution in [0.3, 0.4) is 0 Å². The fraction of sp³-hybridized carbons (Fsp3) is 0.235. The van der Waals surface area contributed by atoms with Gasteiger partial charge in [0.2, 0.25) is 0 Å². The van der Waals surface area contributed by atoms with Gasteiger partial charge in [-0.1, -0.05) is 12.1 Å². The zero-order chi connectivity index (χ0) is 18.8. The van der Waals surface area contributed by atoms with Crippen LogP contribution in [0.4, 0.5) is 18.9 Å². The van der Waals surface area contributed by atoms with Crippen LogP contribution in [0.1, 0.15) is 34.5 Å². The lowest BCUT2D eigenvalue weighted by atomic mass is 10.0. The Morgan fingerprint density at radius 1 is 1.16 bits per heavy atom. The third kappa shape index (κ3) is 4.14. The molecule has 0 heterocycles. The molecule has 0 radical (unpaired) electrons. The van der Waals surface area contributed by atoms with Crippen molar-refractivity contribution in [1.29, 1.82) is 0 Å². The number of nitro benzene ring substituents is 1. The number of nitrogens with zero attached hydrogens (tertiary/aromatic N) is 2. The van der Waals surface area contributed by atoms with Crippen LogP contribution in [0, 0.1) is 10.1 Å². The van der Waals surface area contributed by atoms with Crippen LogP contribution in [0.5, 0.6) is 0 Å². The van der Waals surface area contributed by atoms with Crippen molar-refractivity contribution >= 4 is 11.6 Å². The standard InChI is InChI=1S/C17H15F3N2O3/c1-11(13-4-3-5-15(10-13)22(24)25)21(2)16(23)12-6-8-14(9-7-12)17(18,19)20/h3-11H,1-2H3/t11-/m0/s1. The van der Waals surface area contributed by atoms with Gasteiger partial charge in [-0.3, -0.25) is 14.9 Å². The number of rotatable bonds is 4. The number of benzene rings is 2. The van der Waals surface area contributed by atoms with Gasteiger partial charge in [0.05, 0.1) is 16.5 Å². The highest BCUT2D eigenvalue weighted by molar-refractivity contribution is 5.94. The van der Waals surface area contributed by atoms with Gasteiger partial charge in [0.15, 0.2) is 0 Å². The molecule has 0 aliphatic heterocycles. The molecule has 0 saturated carbocycles. The number of nitro groups is 1. The van der Waals surface area contributed by atoms with E-state index in [4.69, 9.17) is 0 Å². The number of carbonyl (C=O) groups excluding carboxylic acids is 1. The van der Waals surface area contributed by atoms with Gasteiger partial charge in [0.25, 0.3) is 11.6 Å². The molecule has 132 valence electrons. The average Bonchev–Trinajstić information content (AvgIpc) is 2.59. The summed E-state index contributed by atoms with van der Waals surface area (Å²) in [6.07, 6.45) is -4.47.